The van der Waals surface area contributed by atoms with Gasteiger partial charge in [-0.15, -0.1) is 0 Å². The second-order valence-electron chi connectivity index (χ2n) is 3.68. The Morgan fingerprint density at radius 3 is 2.54 bits per heavy atom. The number of nitrogens with two attached hydrogens (primary N) is 1. The number of rotatable bonds is 1. The summed E-state index contributed by atoms with van der Waals surface area (Å²) in [5.41, 5.74) is 1.50. The van der Waals surface area contributed by atoms with Gasteiger partial charge in [0.15, 0.2) is 0 Å². The summed E-state index contributed by atoms with van der Waals surface area (Å²) in [7, 11) is 0. The summed E-state index contributed by atoms with van der Waals surface area (Å²) < 4.78 is 1.33. The van der Waals surface area contributed by atoms with Crippen LogP contribution in [-0.4, -0.2) is 6.54 Å². The predicted octanol–water partition coefficient (Wildman–Crippen LogP) is 2.08. The minimum absolute atomic E-state index is 0.728. The van der Waals surface area contributed by atoms with Crippen LogP contribution < -0.4 is 5.32 Å². The standard InChI is InChI=1S/C11H14IN/c12-10-6-4-9(5-7-10)11-3-1-2-8-13-11/h4-7,11,13H,1-3,8H2/p+1/t11-/m0/s1. The molecule has 0 aromatic heterocycles. The number of benzene rings is 1. The van der Waals surface area contributed by atoms with Crippen LogP contribution in [0.5, 0.6) is 0 Å². The van der Waals surface area contributed by atoms with Gasteiger partial charge in [0.1, 0.15) is 6.04 Å². The van der Waals surface area contributed by atoms with Crippen LogP contribution in [0.1, 0.15) is 30.9 Å². The van der Waals surface area contributed by atoms with Gasteiger partial charge in [0, 0.05) is 15.6 Å². The Bertz CT molecular complexity index is 262. The maximum atomic E-state index is 2.48. The van der Waals surface area contributed by atoms with Crippen LogP contribution in [0.15, 0.2) is 24.3 Å². The largest absolute Gasteiger partial charge is 0.340 e. The highest BCUT2D eigenvalue weighted by molar-refractivity contribution is 14.1. The highest BCUT2D eigenvalue weighted by Gasteiger charge is 2.17. The minimum Gasteiger partial charge on any atom is -0.340 e. The van der Waals surface area contributed by atoms with Crippen molar-refractivity contribution < 1.29 is 5.32 Å². The van der Waals surface area contributed by atoms with Crippen molar-refractivity contribution in [2.45, 2.75) is 25.3 Å². The van der Waals surface area contributed by atoms with E-state index in [0.717, 1.165) is 6.04 Å². The lowest BCUT2D eigenvalue weighted by molar-refractivity contribution is -0.704. The molecule has 0 spiro atoms. The molecule has 0 amide bonds. The van der Waals surface area contributed by atoms with Crippen molar-refractivity contribution in [2.75, 3.05) is 6.54 Å². The first-order valence-corrected chi connectivity index (χ1v) is 6.03. The Morgan fingerprint density at radius 2 is 1.92 bits per heavy atom. The summed E-state index contributed by atoms with van der Waals surface area (Å²) in [6.45, 7) is 1.30. The van der Waals surface area contributed by atoms with Crippen molar-refractivity contribution in [3.05, 3.63) is 33.4 Å². The minimum atomic E-state index is 0.728. The lowest BCUT2D eigenvalue weighted by Crippen LogP contribution is -2.86. The molecule has 70 valence electrons. The average molecular weight is 288 g/mol. The second kappa shape index (κ2) is 4.42. The van der Waals surface area contributed by atoms with E-state index in [2.05, 4.69) is 52.2 Å². The molecule has 1 aliphatic heterocycles. The summed E-state index contributed by atoms with van der Waals surface area (Å²) in [6.07, 6.45) is 4.13. The molecular formula is C11H15IN+. The Labute approximate surface area is 93.1 Å². The van der Waals surface area contributed by atoms with Crippen LogP contribution in [0.4, 0.5) is 0 Å². The van der Waals surface area contributed by atoms with E-state index in [9.17, 15) is 0 Å². The van der Waals surface area contributed by atoms with E-state index in [-0.39, 0.29) is 0 Å². The normalized spacial score (nSPS) is 23.0. The molecule has 2 rings (SSSR count). The van der Waals surface area contributed by atoms with Crippen LogP contribution in [0.25, 0.3) is 0 Å². The smallest absolute Gasteiger partial charge is 0.112 e. The quantitative estimate of drug-likeness (QED) is 0.762. The lowest BCUT2D eigenvalue weighted by atomic mass is 9.98. The molecule has 0 bridgehead atoms. The molecule has 2 heteroatoms. The molecule has 1 fully saturated rings. The molecule has 1 aromatic rings. The Kier molecular flexibility index (Phi) is 3.22. The number of piperidine rings is 1. The summed E-state index contributed by atoms with van der Waals surface area (Å²) in [5, 5.41) is 2.48. The fourth-order valence-corrected chi connectivity index (χ4v) is 2.32. The molecule has 1 heterocycles. The predicted molar refractivity (Wildman–Crippen MR) is 62.5 cm³/mol. The third-order valence-corrected chi connectivity index (χ3v) is 3.44. The third kappa shape index (κ3) is 2.44. The van der Waals surface area contributed by atoms with E-state index in [1.54, 1.807) is 0 Å². The maximum absolute atomic E-state index is 2.48. The molecule has 1 saturated heterocycles. The van der Waals surface area contributed by atoms with Gasteiger partial charge in [-0.3, -0.25) is 0 Å². The van der Waals surface area contributed by atoms with E-state index in [1.165, 1.54) is 34.9 Å². The molecule has 2 N–H and O–H groups in total. The van der Waals surface area contributed by atoms with E-state index in [0.29, 0.717) is 0 Å². The molecule has 1 nitrogen and oxygen atoms in total. The Morgan fingerprint density at radius 1 is 1.15 bits per heavy atom. The van der Waals surface area contributed by atoms with Crippen molar-refractivity contribution in [1.82, 2.24) is 0 Å². The summed E-state index contributed by atoms with van der Waals surface area (Å²) in [6, 6.07) is 9.69. The first kappa shape index (κ1) is 9.46. The zero-order chi connectivity index (χ0) is 9.10. The van der Waals surface area contributed by atoms with E-state index < -0.39 is 0 Å². The topological polar surface area (TPSA) is 16.6 Å². The lowest BCUT2D eigenvalue weighted by Gasteiger charge is -2.20. The first-order valence-electron chi connectivity index (χ1n) is 4.95. The van der Waals surface area contributed by atoms with Gasteiger partial charge in [-0.2, -0.15) is 0 Å². The fraction of sp³-hybridized carbons (Fsp3) is 0.455. The fourth-order valence-electron chi connectivity index (χ4n) is 1.96. The van der Waals surface area contributed by atoms with Crippen LogP contribution >= 0.6 is 22.6 Å². The molecular weight excluding hydrogens is 273 g/mol. The Hall–Kier alpha value is -0.0900. The number of hydrogen-bond acceptors (Lipinski definition) is 0. The third-order valence-electron chi connectivity index (χ3n) is 2.72. The molecule has 1 aliphatic rings. The second-order valence-corrected chi connectivity index (χ2v) is 4.92. The van der Waals surface area contributed by atoms with Gasteiger partial charge in [0.2, 0.25) is 0 Å². The molecule has 0 aliphatic carbocycles. The summed E-state index contributed by atoms with van der Waals surface area (Å²) in [5.74, 6) is 0. The van der Waals surface area contributed by atoms with Crippen molar-refractivity contribution in [3.63, 3.8) is 0 Å². The zero-order valence-corrected chi connectivity index (χ0v) is 9.83. The van der Waals surface area contributed by atoms with Crippen molar-refractivity contribution in [3.8, 4) is 0 Å². The van der Waals surface area contributed by atoms with Crippen LogP contribution in [0.3, 0.4) is 0 Å². The SMILES string of the molecule is Ic1ccc([C@@H]2CCCC[NH2+]2)cc1. The molecule has 1 atom stereocenters. The van der Waals surface area contributed by atoms with Gasteiger partial charge < -0.3 is 5.32 Å². The van der Waals surface area contributed by atoms with Gasteiger partial charge >= 0.3 is 0 Å². The van der Waals surface area contributed by atoms with E-state index in [4.69, 9.17) is 0 Å². The van der Waals surface area contributed by atoms with Crippen LogP contribution in [0, 0.1) is 3.57 Å². The van der Waals surface area contributed by atoms with Gasteiger partial charge in [-0.25, -0.2) is 0 Å². The van der Waals surface area contributed by atoms with Crippen molar-refractivity contribution in [2.24, 2.45) is 0 Å². The zero-order valence-electron chi connectivity index (χ0n) is 7.67. The molecule has 0 saturated carbocycles. The molecule has 1 aromatic carbocycles. The van der Waals surface area contributed by atoms with Gasteiger partial charge in [-0.05, 0) is 47.6 Å². The van der Waals surface area contributed by atoms with Gasteiger partial charge in [0.25, 0.3) is 0 Å². The summed E-state index contributed by atoms with van der Waals surface area (Å²) >= 11 is 2.36. The first-order chi connectivity index (χ1) is 6.36. The molecule has 0 radical (unpaired) electrons. The highest BCUT2D eigenvalue weighted by Crippen LogP contribution is 2.18. The van der Waals surface area contributed by atoms with Crippen LogP contribution in [0.2, 0.25) is 0 Å². The molecule has 0 unspecified atom stereocenters. The average Bonchev–Trinajstić information content (AvgIpc) is 2.20. The van der Waals surface area contributed by atoms with Crippen LogP contribution in [-0.2, 0) is 0 Å². The monoisotopic (exact) mass is 288 g/mol. The maximum Gasteiger partial charge on any atom is 0.112 e. The Balaban J connectivity index is 2.10. The number of halogens is 1. The van der Waals surface area contributed by atoms with E-state index >= 15 is 0 Å². The number of hydrogen-bond donors (Lipinski definition) is 1. The van der Waals surface area contributed by atoms with Crippen molar-refractivity contribution in [1.29, 1.82) is 0 Å². The number of quaternary nitrogens is 1. The van der Waals surface area contributed by atoms with Crippen molar-refractivity contribution >= 4 is 22.6 Å². The highest BCUT2D eigenvalue weighted by atomic mass is 127. The van der Waals surface area contributed by atoms with Gasteiger partial charge in [-0.1, -0.05) is 12.1 Å². The molecule has 13 heavy (non-hydrogen) atoms. The van der Waals surface area contributed by atoms with E-state index in [1.807, 2.05) is 0 Å². The summed E-state index contributed by atoms with van der Waals surface area (Å²) in [4.78, 5) is 0. The van der Waals surface area contributed by atoms with Gasteiger partial charge in [0.05, 0.1) is 6.54 Å².